The van der Waals surface area contributed by atoms with E-state index in [0.717, 1.165) is 11.1 Å². The lowest BCUT2D eigenvalue weighted by Gasteiger charge is -2.31. The Bertz CT molecular complexity index is 826. The summed E-state index contributed by atoms with van der Waals surface area (Å²) in [5.74, 6) is -0.200. The predicted molar refractivity (Wildman–Crippen MR) is 87.6 cm³/mol. The number of benzene rings is 2. The van der Waals surface area contributed by atoms with Crippen LogP contribution in [0, 0.1) is 22.7 Å². The monoisotopic (exact) mass is 308 g/mol. The Hall–Kier alpha value is -3.20. The van der Waals surface area contributed by atoms with Crippen molar-refractivity contribution in [3.63, 3.8) is 0 Å². The quantitative estimate of drug-likeness (QED) is 0.737. The molecule has 0 radical (unpaired) electrons. The van der Waals surface area contributed by atoms with Gasteiger partial charge in [0.25, 0.3) is 0 Å². The van der Waals surface area contributed by atoms with Gasteiger partial charge in [0.2, 0.25) is 5.90 Å². The van der Waals surface area contributed by atoms with Crippen molar-refractivity contribution in [3.8, 4) is 17.6 Å². The standard InChI is InChI=1S/C17H16N4O2/c1-22-10-4-2-3-9(7-10)14-11-5-6-13(19)15(20)16(11)23-17(21)12(14)8-18/h2-7,12,14,21H,19-20H2,1H3. The van der Waals surface area contributed by atoms with Gasteiger partial charge in [-0.05, 0) is 23.8 Å². The van der Waals surface area contributed by atoms with Crippen molar-refractivity contribution in [2.75, 3.05) is 18.6 Å². The lowest BCUT2D eigenvalue weighted by molar-refractivity contribution is 0.412. The van der Waals surface area contributed by atoms with Gasteiger partial charge in [0.15, 0.2) is 5.75 Å². The van der Waals surface area contributed by atoms with Gasteiger partial charge >= 0.3 is 0 Å². The maximum atomic E-state index is 9.51. The second-order valence-electron chi connectivity index (χ2n) is 5.31. The zero-order valence-corrected chi connectivity index (χ0v) is 12.5. The number of fused-ring (bicyclic) bond motifs is 1. The van der Waals surface area contributed by atoms with Gasteiger partial charge in [-0.15, -0.1) is 0 Å². The fourth-order valence-corrected chi connectivity index (χ4v) is 2.83. The predicted octanol–water partition coefficient (Wildman–Crippen LogP) is 2.50. The molecule has 0 saturated heterocycles. The number of nitriles is 1. The van der Waals surface area contributed by atoms with Crippen LogP contribution in [-0.4, -0.2) is 13.0 Å². The van der Waals surface area contributed by atoms with Crippen molar-refractivity contribution in [2.24, 2.45) is 5.92 Å². The Labute approximate surface area is 133 Å². The molecule has 6 heteroatoms. The van der Waals surface area contributed by atoms with E-state index in [2.05, 4.69) is 6.07 Å². The van der Waals surface area contributed by atoms with E-state index in [9.17, 15) is 5.26 Å². The summed E-state index contributed by atoms with van der Waals surface area (Å²) in [7, 11) is 1.58. The summed E-state index contributed by atoms with van der Waals surface area (Å²) in [5.41, 5.74) is 14.1. The smallest absolute Gasteiger partial charge is 0.205 e. The Morgan fingerprint density at radius 3 is 2.74 bits per heavy atom. The zero-order valence-electron chi connectivity index (χ0n) is 12.5. The van der Waals surface area contributed by atoms with Gasteiger partial charge in [-0.2, -0.15) is 5.26 Å². The van der Waals surface area contributed by atoms with Crippen molar-refractivity contribution < 1.29 is 9.47 Å². The number of nitrogens with zero attached hydrogens (tertiary/aromatic N) is 1. The summed E-state index contributed by atoms with van der Waals surface area (Å²) < 4.78 is 10.7. The highest BCUT2D eigenvalue weighted by molar-refractivity contribution is 5.89. The van der Waals surface area contributed by atoms with Crippen LogP contribution in [0.5, 0.6) is 11.5 Å². The van der Waals surface area contributed by atoms with Gasteiger partial charge in [0.1, 0.15) is 11.7 Å². The number of hydrogen-bond donors (Lipinski definition) is 3. The number of nitrogen functional groups attached to an aromatic ring is 2. The average Bonchev–Trinajstić information content (AvgIpc) is 2.57. The van der Waals surface area contributed by atoms with Crippen LogP contribution in [0.3, 0.4) is 0 Å². The molecule has 6 nitrogen and oxygen atoms in total. The van der Waals surface area contributed by atoms with Crippen LogP contribution in [0.15, 0.2) is 36.4 Å². The third-order valence-electron chi connectivity index (χ3n) is 4.02. The highest BCUT2D eigenvalue weighted by Crippen LogP contribution is 2.46. The highest BCUT2D eigenvalue weighted by atomic mass is 16.5. The van der Waals surface area contributed by atoms with Crippen molar-refractivity contribution in [3.05, 3.63) is 47.5 Å². The minimum Gasteiger partial charge on any atom is -0.497 e. The van der Waals surface area contributed by atoms with E-state index in [1.54, 1.807) is 19.2 Å². The number of hydrogen-bond acceptors (Lipinski definition) is 6. The lowest BCUT2D eigenvalue weighted by atomic mass is 9.78. The molecule has 0 aliphatic carbocycles. The number of rotatable bonds is 2. The molecule has 2 atom stereocenters. The normalized spacial score (nSPS) is 19.4. The van der Waals surface area contributed by atoms with Gasteiger partial charge in [0, 0.05) is 11.5 Å². The molecule has 5 N–H and O–H groups in total. The molecule has 2 unspecified atom stereocenters. The van der Waals surface area contributed by atoms with Crippen molar-refractivity contribution in [1.82, 2.24) is 0 Å². The molecule has 1 aliphatic rings. The fourth-order valence-electron chi connectivity index (χ4n) is 2.83. The van der Waals surface area contributed by atoms with Crippen LogP contribution in [0.2, 0.25) is 0 Å². The number of ether oxygens (including phenoxy) is 2. The fraction of sp³-hybridized carbons (Fsp3) is 0.176. The van der Waals surface area contributed by atoms with Crippen LogP contribution >= 0.6 is 0 Å². The van der Waals surface area contributed by atoms with Crippen LogP contribution in [0.25, 0.3) is 0 Å². The number of anilines is 2. The molecule has 2 aromatic rings. The van der Waals surface area contributed by atoms with Crippen molar-refractivity contribution >= 4 is 17.3 Å². The van der Waals surface area contributed by atoms with E-state index in [4.69, 9.17) is 26.4 Å². The molecule has 0 aromatic heterocycles. The molecular formula is C17H16N4O2. The second-order valence-corrected chi connectivity index (χ2v) is 5.31. The first kappa shape index (κ1) is 14.7. The Kier molecular flexibility index (Phi) is 3.54. The molecule has 116 valence electrons. The Balaban J connectivity index is 2.23. The minimum absolute atomic E-state index is 0.134. The first-order valence-electron chi connectivity index (χ1n) is 7.04. The van der Waals surface area contributed by atoms with Crippen LogP contribution in [-0.2, 0) is 0 Å². The molecule has 0 fully saturated rings. The third kappa shape index (κ3) is 2.32. The molecule has 0 saturated carbocycles. The summed E-state index contributed by atoms with van der Waals surface area (Å²) in [6.45, 7) is 0. The van der Waals surface area contributed by atoms with E-state index < -0.39 is 5.92 Å². The van der Waals surface area contributed by atoms with Gasteiger partial charge in [-0.3, -0.25) is 5.41 Å². The Morgan fingerprint density at radius 1 is 1.26 bits per heavy atom. The summed E-state index contributed by atoms with van der Waals surface area (Å²) in [4.78, 5) is 0. The molecule has 0 amide bonds. The first-order valence-corrected chi connectivity index (χ1v) is 7.04. The Morgan fingerprint density at radius 2 is 2.04 bits per heavy atom. The van der Waals surface area contributed by atoms with E-state index in [-0.39, 0.29) is 17.5 Å². The molecule has 0 bridgehead atoms. The molecule has 3 rings (SSSR count). The summed E-state index contributed by atoms with van der Waals surface area (Å²) in [6.07, 6.45) is 0. The molecule has 23 heavy (non-hydrogen) atoms. The average molecular weight is 308 g/mol. The zero-order chi connectivity index (χ0) is 16.6. The maximum Gasteiger partial charge on any atom is 0.205 e. The number of nitrogens with two attached hydrogens (primary N) is 2. The van der Waals surface area contributed by atoms with Gasteiger partial charge in [0.05, 0.1) is 24.6 Å². The molecule has 1 aliphatic heterocycles. The van der Waals surface area contributed by atoms with E-state index in [1.165, 1.54) is 0 Å². The summed E-state index contributed by atoms with van der Waals surface area (Å²) >= 11 is 0. The minimum atomic E-state index is -0.738. The molecular weight excluding hydrogens is 292 g/mol. The van der Waals surface area contributed by atoms with Gasteiger partial charge < -0.3 is 20.9 Å². The largest absolute Gasteiger partial charge is 0.497 e. The van der Waals surface area contributed by atoms with Gasteiger partial charge in [-0.1, -0.05) is 18.2 Å². The van der Waals surface area contributed by atoms with Crippen molar-refractivity contribution in [2.45, 2.75) is 5.92 Å². The maximum absolute atomic E-state index is 9.51. The van der Waals surface area contributed by atoms with Crippen LogP contribution < -0.4 is 20.9 Å². The number of methoxy groups -OCH3 is 1. The van der Waals surface area contributed by atoms with Crippen LogP contribution in [0.1, 0.15) is 17.0 Å². The first-order chi connectivity index (χ1) is 11.1. The lowest BCUT2D eigenvalue weighted by Crippen LogP contribution is -2.31. The van der Waals surface area contributed by atoms with Crippen molar-refractivity contribution in [1.29, 1.82) is 10.7 Å². The highest BCUT2D eigenvalue weighted by Gasteiger charge is 2.38. The SMILES string of the molecule is COc1cccc(C2c3ccc(N)c(N)c3OC(=N)C2C#N)c1. The molecule has 1 heterocycles. The van der Waals surface area contributed by atoms with E-state index in [1.807, 2.05) is 24.3 Å². The molecule has 0 spiro atoms. The van der Waals surface area contributed by atoms with Crippen LogP contribution in [0.4, 0.5) is 11.4 Å². The van der Waals surface area contributed by atoms with E-state index >= 15 is 0 Å². The molecule has 2 aromatic carbocycles. The number of nitrogens with one attached hydrogen (secondary N) is 1. The topological polar surface area (TPSA) is 118 Å². The third-order valence-corrected chi connectivity index (χ3v) is 4.02. The van der Waals surface area contributed by atoms with Gasteiger partial charge in [-0.25, -0.2) is 0 Å². The summed E-state index contributed by atoms with van der Waals surface area (Å²) in [5, 5.41) is 17.6. The summed E-state index contributed by atoms with van der Waals surface area (Å²) in [6, 6.07) is 13.1. The van der Waals surface area contributed by atoms with E-state index in [0.29, 0.717) is 17.2 Å². The second kappa shape index (κ2) is 5.54.